The van der Waals surface area contributed by atoms with Crippen molar-refractivity contribution in [3.63, 3.8) is 0 Å². The van der Waals surface area contributed by atoms with Crippen molar-refractivity contribution < 1.29 is 9.18 Å². The van der Waals surface area contributed by atoms with Crippen molar-refractivity contribution in [2.75, 3.05) is 23.3 Å². The van der Waals surface area contributed by atoms with Crippen LogP contribution in [-0.2, 0) is 0 Å². The van der Waals surface area contributed by atoms with Crippen LogP contribution in [0.25, 0.3) is 16.8 Å². The Morgan fingerprint density at radius 1 is 1.06 bits per heavy atom. The smallest absolute Gasteiger partial charge is 0.274 e. The summed E-state index contributed by atoms with van der Waals surface area (Å²) in [6.45, 7) is 1.61. The average molecular weight is 456 g/mol. The van der Waals surface area contributed by atoms with Gasteiger partial charge in [0.15, 0.2) is 0 Å². The number of benzene rings is 1. The van der Waals surface area contributed by atoms with Gasteiger partial charge in [0.25, 0.3) is 5.91 Å². The van der Waals surface area contributed by atoms with Gasteiger partial charge in [-0.25, -0.2) is 9.37 Å². The van der Waals surface area contributed by atoms with Gasteiger partial charge >= 0.3 is 0 Å². The highest BCUT2D eigenvalue weighted by Crippen LogP contribution is 2.46. The van der Waals surface area contributed by atoms with Crippen LogP contribution in [0.5, 0.6) is 0 Å². The molecule has 1 unspecified atom stereocenters. The number of nitrogens with two attached hydrogens (primary N) is 1. The number of allylic oxidation sites excluding steroid dienone is 2. The summed E-state index contributed by atoms with van der Waals surface area (Å²) in [5, 5.41) is 2.95. The predicted octanol–water partition coefficient (Wildman–Crippen LogP) is 4.50. The Bertz CT molecular complexity index is 1310. The van der Waals surface area contributed by atoms with Crippen LogP contribution in [0.4, 0.5) is 15.8 Å². The molecular weight excluding hydrogens is 429 g/mol. The quantitative estimate of drug-likeness (QED) is 0.522. The van der Waals surface area contributed by atoms with Crippen molar-refractivity contribution in [2.24, 2.45) is 17.6 Å². The molecule has 1 amide bonds. The number of rotatable bonds is 0. The van der Waals surface area contributed by atoms with Crippen molar-refractivity contribution in [3.8, 4) is 11.3 Å². The Hall–Kier alpha value is -3.58. The number of piperidine rings is 1. The molecule has 7 heteroatoms. The van der Waals surface area contributed by atoms with E-state index in [9.17, 15) is 9.18 Å². The molecule has 1 aromatic carbocycles. The second-order valence-electron chi connectivity index (χ2n) is 9.49. The van der Waals surface area contributed by atoms with Gasteiger partial charge in [0, 0.05) is 36.8 Å². The van der Waals surface area contributed by atoms with Crippen molar-refractivity contribution in [1.29, 1.82) is 0 Å². The van der Waals surface area contributed by atoms with Crippen molar-refractivity contribution >= 4 is 22.9 Å². The topological polar surface area (TPSA) is 84.1 Å². The summed E-state index contributed by atoms with van der Waals surface area (Å²) in [7, 11) is 0. The number of hydrogen-bond acceptors (Lipinski definition) is 5. The number of carbonyl (C=O) groups is 1. The van der Waals surface area contributed by atoms with Crippen LogP contribution in [0.1, 0.15) is 35.3 Å². The largest absolute Gasteiger partial charge is 0.368 e. The van der Waals surface area contributed by atoms with Crippen molar-refractivity contribution in [3.05, 3.63) is 78.0 Å². The summed E-state index contributed by atoms with van der Waals surface area (Å²) in [5.74, 6) is -0.00143. The zero-order valence-electron chi connectivity index (χ0n) is 18.7. The lowest BCUT2D eigenvalue weighted by molar-refractivity contribution is 0.102. The van der Waals surface area contributed by atoms with Crippen LogP contribution >= 0.6 is 0 Å². The number of fused-ring (bicyclic) bond motifs is 10. The van der Waals surface area contributed by atoms with E-state index in [1.807, 2.05) is 30.3 Å². The molecule has 4 heterocycles. The van der Waals surface area contributed by atoms with Gasteiger partial charge in [0.05, 0.1) is 17.6 Å². The van der Waals surface area contributed by atoms with Crippen molar-refractivity contribution in [1.82, 2.24) is 9.97 Å². The number of anilines is 2. The minimum absolute atomic E-state index is 0.0723. The first-order valence-corrected chi connectivity index (χ1v) is 11.8. The lowest BCUT2D eigenvalue weighted by Crippen LogP contribution is -2.47. The number of halogens is 1. The first-order chi connectivity index (χ1) is 16.6. The monoisotopic (exact) mass is 455 g/mol. The molecule has 3 N–H and O–H groups in total. The first-order valence-electron chi connectivity index (χ1n) is 11.8. The van der Waals surface area contributed by atoms with E-state index in [4.69, 9.17) is 5.73 Å². The van der Waals surface area contributed by atoms with Crippen LogP contribution in [0.2, 0.25) is 0 Å². The third kappa shape index (κ3) is 3.86. The van der Waals surface area contributed by atoms with Gasteiger partial charge in [0.2, 0.25) is 0 Å². The summed E-state index contributed by atoms with van der Waals surface area (Å²) in [4.78, 5) is 24.1. The molecule has 1 fully saturated rings. The van der Waals surface area contributed by atoms with E-state index in [2.05, 4.69) is 26.3 Å². The third-order valence-electron chi connectivity index (χ3n) is 7.09. The fraction of sp³-hybridized carbons (Fsp3) is 0.296. The van der Waals surface area contributed by atoms with Crippen LogP contribution in [-0.4, -0.2) is 35.0 Å². The molecule has 3 aliphatic rings. The number of amides is 1. The minimum atomic E-state index is -0.445. The highest BCUT2D eigenvalue weighted by Gasteiger charge is 2.32. The maximum absolute atomic E-state index is 14.9. The van der Waals surface area contributed by atoms with E-state index in [-0.39, 0.29) is 17.4 Å². The Morgan fingerprint density at radius 3 is 2.79 bits per heavy atom. The summed E-state index contributed by atoms with van der Waals surface area (Å²) < 4.78 is 14.9. The van der Waals surface area contributed by atoms with Gasteiger partial charge in [-0.2, -0.15) is 0 Å². The summed E-state index contributed by atoms with van der Waals surface area (Å²) in [6, 6.07) is 12.4. The molecule has 3 atom stereocenters. The Balaban J connectivity index is 1.45. The van der Waals surface area contributed by atoms with E-state index in [0.29, 0.717) is 23.1 Å². The molecule has 4 bridgehead atoms. The zero-order valence-corrected chi connectivity index (χ0v) is 18.7. The number of nitrogens with one attached hydrogen (secondary N) is 1. The van der Waals surface area contributed by atoms with Crippen molar-refractivity contribution in [2.45, 2.75) is 25.3 Å². The summed E-state index contributed by atoms with van der Waals surface area (Å²) in [6.07, 6.45) is 8.72. The third-order valence-corrected chi connectivity index (χ3v) is 7.09. The molecule has 1 aliphatic carbocycles. The van der Waals surface area contributed by atoms with Gasteiger partial charge in [-0.1, -0.05) is 30.3 Å². The molecule has 0 spiro atoms. The Labute approximate surface area is 197 Å². The maximum atomic E-state index is 14.9. The Kier molecular flexibility index (Phi) is 5.14. The molecule has 3 aromatic rings. The standard InChI is InChI=1S/C27H26FN5O/c28-22-7-8-23-27(34)32-24-13-30-10-9-25(24)33-14-16(11-18(29)15-33)5-6-17-12-21(17)19-3-1-2-4-20(19)26(22)31-23/h1-4,7-10,12-13,16-18H,5-6,11,14-15,29H2,(H,32,34)/t16-,17?,18+/m1/s1. The van der Waals surface area contributed by atoms with Crippen LogP contribution < -0.4 is 16.0 Å². The van der Waals surface area contributed by atoms with Crippen LogP contribution in [0.3, 0.4) is 0 Å². The van der Waals surface area contributed by atoms with Crippen LogP contribution in [0, 0.1) is 17.7 Å². The highest BCUT2D eigenvalue weighted by atomic mass is 19.1. The molecule has 0 saturated carbocycles. The molecule has 6 rings (SSSR count). The molecule has 6 nitrogen and oxygen atoms in total. The van der Waals surface area contributed by atoms with Gasteiger partial charge in [-0.05, 0) is 54.5 Å². The van der Waals surface area contributed by atoms with E-state index in [1.54, 1.807) is 12.4 Å². The molecule has 34 heavy (non-hydrogen) atoms. The maximum Gasteiger partial charge on any atom is 0.274 e. The zero-order chi connectivity index (χ0) is 23.2. The number of hydrogen-bond donors (Lipinski definition) is 2. The lowest BCUT2D eigenvalue weighted by Gasteiger charge is -2.38. The molecule has 0 radical (unpaired) electrons. The van der Waals surface area contributed by atoms with Gasteiger partial charge in [-0.15, -0.1) is 0 Å². The number of nitrogens with zero attached hydrogens (tertiary/aromatic N) is 3. The minimum Gasteiger partial charge on any atom is -0.368 e. The van der Waals surface area contributed by atoms with E-state index < -0.39 is 11.7 Å². The highest BCUT2D eigenvalue weighted by molar-refractivity contribution is 6.05. The molecule has 2 aromatic heterocycles. The lowest BCUT2D eigenvalue weighted by atomic mass is 9.88. The van der Waals surface area contributed by atoms with E-state index in [0.717, 1.165) is 43.6 Å². The number of pyridine rings is 2. The Morgan fingerprint density at radius 2 is 1.91 bits per heavy atom. The number of carbonyl (C=O) groups excluding carboxylic acids is 1. The van der Waals surface area contributed by atoms with Crippen LogP contribution in [0.15, 0.2) is 60.9 Å². The second kappa shape index (κ2) is 8.33. The SMILES string of the molecule is N[C@H]1C[C@H]2CCC3C=C3c3ccccc3-c3nc(ccc3F)C(=O)Nc3cnccc3N(C1)C2. The molecular formula is C27H26FN5O. The van der Waals surface area contributed by atoms with Gasteiger partial charge in [-0.3, -0.25) is 9.78 Å². The average Bonchev–Trinajstić information content (AvgIpc) is 3.62. The summed E-state index contributed by atoms with van der Waals surface area (Å²) in [5.41, 5.74) is 11.2. The molecule has 172 valence electrons. The fourth-order valence-electron chi connectivity index (χ4n) is 5.41. The summed E-state index contributed by atoms with van der Waals surface area (Å²) >= 11 is 0. The normalized spacial score (nSPS) is 23.7. The van der Waals surface area contributed by atoms with E-state index in [1.165, 1.54) is 17.7 Å². The van der Waals surface area contributed by atoms with E-state index >= 15 is 0 Å². The first kappa shape index (κ1) is 21.0. The van der Waals surface area contributed by atoms with Gasteiger partial charge < -0.3 is 16.0 Å². The molecule has 1 saturated heterocycles. The fourth-order valence-corrected chi connectivity index (χ4v) is 5.41. The molecule has 2 aliphatic heterocycles. The second-order valence-corrected chi connectivity index (χ2v) is 9.49. The number of aromatic nitrogens is 2. The predicted molar refractivity (Wildman–Crippen MR) is 131 cm³/mol. The van der Waals surface area contributed by atoms with Gasteiger partial charge in [0.1, 0.15) is 17.2 Å².